The van der Waals surface area contributed by atoms with Gasteiger partial charge in [0.1, 0.15) is 5.54 Å². The lowest BCUT2D eigenvalue weighted by Gasteiger charge is -2.41. The van der Waals surface area contributed by atoms with E-state index in [1.165, 1.54) is 4.90 Å². The summed E-state index contributed by atoms with van der Waals surface area (Å²) in [5.74, 6) is -0.499. The van der Waals surface area contributed by atoms with Crippen molar-refractivity contribution < 1.29 is 14.7 Å². The van der Waals surface area contributed by atoms with E-state index < -0.39 is 11.5 Å². The van der Waals surface area contributed by atoms with Gasteiger partial charge in [-0.1, -0.05) is 19.8 Å². The number of rotatable bonds is 3. The predicted octanol–water partition coefficient (Wildman–Crippen LogP) is 1.11. The first-order valence-corrected chi connectivity index (χ1v) is 4.94. The summed E-state index contributed by atoms with van der Waals surface area (Å²) in [6.45, 7) is 2.04. The monoisotopic (exact) mass is 199 g/mol. The summed E-state index contributed by atoms with van der Waals surface area (Å²) in [5, 5.41) is 9.21. The van der Waals surface area contributed by atoms with E-state index in [1.807, 2.05) is 6.92 Å². The molecule has 0 aromatic heterocycles. The Morgan fingerprint density at radius 1 is 1.64 bits per heavy atom. The van der Waals surface area contributed by atoms with Crippen LogP contribution in [0, 0.1) is 5.92 Å². The van der Waals surface area contributed by atoms with Crippen LogP contribution in [0.4, 0.5) is 0 Å². The van der Waals surface area contributed by atoms with Gasteiger partial charge in [0, 0.05) is 7.05 Å². The zero-order valence-corrected chi connectivity index (χ0v) is 8.69. The first-order chi connectivity index (χ1) is 6.53. The molecule has 1 aliphatic carbocycles. The number of aliphatic carboxylic acids is 1. The molecule has 0 aliphatic heterocycles. The first-order valence-electron chi connectivity index (χ1n) is 4.94. The Bertz CT molecular complexity index is 242. The molecule has 0 bridgehead atoms. The van der Waals surface area contributed by atoms with Gasteiger partial charge in [0.15, 0.2) is 0 Å². The summed E-state index contributed by atoms with van der Waals surface area (Å²) in [6.07, 6.45) is 3.69. The van der Waals surface area contributed by atoms with Crippen molar-refractivity contribution in [2.24, 2.45) is 5.92 Å². The van der Waals surface area contributed by atoms with E-state index in [2.05, 4.69) is 0 Å². The van der Waals surface area contributed by atoms with Gasteiger partial charge in [-0.05, 0) is 18.8 Å². The Morgan fingerprint density at radius 2 is 2.29 bits per heavy atom. The van der Waals surface area contributed by atoms with Crippen molar-refractivity contribution >= 4 is 12.4 Å². The molecule has 2 unspecified atom stereocenters. The third-order valence-electron chi connectivity index (χ3n) is 3.20. The van der Waals surface area contributed by atoms with Crippen molar-refractivity contribution in [3.8, 4) is 0 Å². The predicted molar refractivity (Wildman–Crippen MR) is 51.8 cm³/mol. The summed E-state index contributed by atoms with van der Waals surface area (Å²) < 4.78 is 0. The molecule has 0 aromatic carbocycles. The van der Waals surface area contributed by atoms with Gasteiger partial charge in [-0.25, -0.2) is 4.79 Å². The Hall–Kier alpha value is -1.06. The third kappa shape index (κ3) is 1.74. The van der Waals surface area contributed by atoms with Crippen molar-refractivity contribution in [3.05, 3.63) is 0 Å². The maximum atomic E-state index is 11.2. The van der Waals surface area contributed by atoms with Crippen molar-refractivity contribution in [1.29, 1.82) is 0 Å². The van der Waals surface area contributed by atoms with Crippen LogP contribution in [0.2, 0.25) is 0 Å². The standard InChI is InChI=1S/C10H17NO3/c1-8-4-3-5-10(6-8,9(13)14)11(2)7-12/h7-8H,3-6H2,1-2H3,(H,13,14). The van der Waals surface area contributed by atoms with Crippen molar-refractivity contribution in [3.63, 3.8) is 0 Å². The molecule has 0 radical (unpaired) electrons. The maximum absolute atomic E-state index is 11.2. The fourth-order valence-corrected chi connectivity index (χ4v) is 2.29. The Balaban J connectivity index is 2.91. The second-order valence-corrected chi connectivity index (χ2v) is 4.25. The normalized spacial score (nSPS) is 32.3. The van der Waals surface area contributed by atoms with E-state index in [-0.39, 0.29) is 0 Å². The molecule has 4 heteroatoms. The molecule has 1 rings (SSSR count). The van der Waals surface area contributed by atoms with Crippen molar-refractivity contribution in [2.45, 2.75) is 38.1 Å². The molecule has 0 heterocycles. The van der Waals surface area contributed by atoms with Gasteiger partial charge in [0.05, 0.1) is 0 Å². The Kier molecular flexibility index (Phi) is 3.13. The second-order valence-electron chi connectivity index (χ2n) is 4.25. The summed E-state index contributed by atoms with van der Waals surface area (Å²) in [6, 6.07) is 0. The molecular weight excluding hydrogens is 182 g/mol. The molecule has 14 heavy (non-hydrogen) atoms. The van der Waals surface area contributed by atoms with Crippen LogP contribution < -0.4 is 0 Å². The van der Waals surface area contributed by atoms with E-state index in [0.717, 1.165) is 12.8 Å². The largest absolute Gasteiger partial charge is 0.479 e. The van der Waals surface area contributed by atoms with Crippen molar-refractivity contribution in [1.82, 2.24) is 4.90 Å². The van der Waals surface area contributed by atoms with E-state index in [9.17, 15) is 14.7 Å². The minimum absolute atomic E-state index is 0.377. The second kappa shape index (κ2) is 3.98. The van der Waals surface area contributed by atoms with Crippen molar-refractivity contribution in [2.75, 3.05) is 7.05 Å². The van der Waals surface area contributed by atoms with Gasteiger partial charge >= 0.3 is 5.97 Å². The molecule has 0 aromatic rings. The first kappa shape index (κ1) is 11.0. The van der Waals surface area contributed by atoms with Crippen LogP contribution in [0.5, 0.6) is 0 Å². The Morgan fingerprint density at radius 3 is 2.71 bits per heavy atom. The third-order valence-corrected chi connectivity index (χ3v) is 3.20. The number of carboxylic acids is 1. The van der Waals surface area contributed by atoms with E-state index in [4.69, 9.17) is 0 Å². The Labute approximate surface area is 83.9 Å². The number of carbonyl (C=O) groups is 2. The maximum Gasteiger partial charge on any atom is 0.329 e. The van der Waals surface area contributed by atoms with Crippen LogP contribution >= 0.6 is 0 Å². The lowest BCUT2D eigenvalue weighted by atomic mass is 9.75. The highest BCUT2D eigenvalue weighted by Gasteiger charge is 2.44. The number of amides is 1. The highest BCUT2D eigenvalue weighted by Crippen LogP contribution is 2.35. The summed E-state index contributed by atoms with van der Waals surface area (Å²) in [7, 11) is 1.55. The van der Waals surface area contributed by atoms with Crippen LogP contribution in [0.3, 0.4) is 0 Å². The molecule has 1 N–H and O–H groups in total. The average molecular weight is 199 g/mol. The topological polar surface area (TPSA) is 57.6 Å². The van der Waals surface area contributed by atoms with E-state index >= 15 is 0 Å². The van der Waals surface area contributed by atoms with Crippen LogP contribution in [-0.4, -0.2) is 35.0 Å². The zero-order valence-electron chi connectivity index (χ0n) is 8.69. The minimum atomic E-state index is -0.959. The highest BCUT2D eigenvalue weighted by molar-refractivity contribution is 5.81. The highest BCUT2D eigenvalue weighted by atomic mass is 16.4. The van der Waals surface area contributed by atoms with Crippen LogP contribution in [0.15, 0.2) is 0 Å². The van der Waals surface area contributed by atoms with E-state index in [0.29, 0.717) is 25.2 Å². The molecular formula is C10H17NO3. The minimum Gasteiger partial charge on any atom is -0.479 e. The quantitative estimate of drug-likeness (QED) is 0.693. The lowest BCUT2D eigenvalue weighted by molar-refractivity contribution is -0.157. The van der Waals surface area contributed by atoms with Crippen LogP contribution in [0.1, 0.15) is 32.6 Å². The fourth-order valence-electron chi connectivity index (χ4n) is 2.29. The zero-order chi connectivity index (χ0) is 10.8. The van der Waals surface area contributed by atoms with Gasteiger partial charge in [0.2, 0.25) is 6.41 Å². The number of likely N-dealkylation sites (N-methyl/N-ethyl adjacent to an activating group) is 1. The SMILES string of the molecule is CC1CCCC(C(=O)O)(N(C)C=O)C1. The summed E-state index contributed by atoms with van der Waals surface area (Å²) in [5.41, 5.74) is -0.959. The molecule has 4 nitrogen and oxygen atoms in total. The molecule has 0 saturated heterocycles. The number of hydrogen-bond acceptors (Lipinski definition) is 2. The van der Waals surface area contributed by atoms with Gasteiger partial charge in [-0.3, -0.25) is 4.79 Å². The number of hydrogen-bond donors (Lipinski definition) is 1. The van der Waals surface area contributed by atoms with E-state index in [1.54, 1.807) is 7.05 Å². The number of carbonyl (C=O) groups excluding carboxylic acids is 1. The number of carboxylic acid groups (broad SMARTS) is 1. The van der Waals surface area contributed by atoms with Gasteiger partial charge in [-0.2, -0.15) is 0 Å². The molecule has 2 atom stereocenters. The van der Waals surface area contributed by atoms with Crippen LogP contribution in [-0.2, 0) is 9.59 Å². The number of nitrogens with zero attached hydrogens (tertiary/aromatic N) is 1. The van der Waals surface area contributed by atoms with Gasteiger partial charge in [-0.15, -0.1) is 0 Å². The average Bonchev–Trinajstić information content (AvgIpc) is 2.16. The molecule has 1 saturated carbocycles. The molecule has 1 amide bonds. The molecule has 1 fully saturated rings. The molecule has 0 spiro atoms. The summed E-state index contributed by atoms with van der Waals surface area (Å²) in [4.78, 5) is 23.2. The smallest absolute Gasteiger partial charge is 0.329 e. The van der Waals surface area contributed by atoms with Gasteiger partial charge < -0.3 is 10.0 Å². The van der Waals surface area contributed by atoms with Crippen LogP contribution in [0.25, 0.3) is 0 Å². The lowest BCUT2D eigenvalue weighted by Crippen LogP contribution is -2.54. The molecule has 1 aliphatic rings. The fraction of sp³-hybridized carbons (Fsp3) is 0.800. The molecule has 80 valence electrons. The van der Waals surface area contributed by atoms with Gasteiger partial charge in [0.25, 0.3) is 0 Å². The summed E-state index contributed by atoms with van der Waals surface area (Å²) >= 11 is 0.